The normalized spacial score (nSPS) is 10.6. The number of thiazole rings is 1. The molecule has 0 atom stereocenters. The van der Waals surface area contributed by atoms with Crippen molar-refractivity contribution in [3.05, 3.63) is 51.6 Å². The lowest BCUT2D eigenvalue weighted by Gasteiger charge is -2.02. The second-order valence-electron chi connectivity index (χ2n) is 4.71. The van der Waals surface area contributed by atoms with Gasteiger partial charge in [0.1, 0.15) is 15.6 Å². The summed E-state index contributed by atoms with van der Waals surface area (Å²) in [5.74, 6) is -0.346. The van der Waals surface area contributed by atoms with Crippen molar-refractivity contribution in [1.29, 1.82) is 0 Å². The Morgan fingerprint density at radius 3 is 2.95 bits per heavy atom. The van der Waals surface area contributed by atoms with Gasteiger partial charge in [-0.1, -0.05) is 0 Å². The number of amides is 1. The average molecular weight is 315 g/mol. The first-order valence-corrected chi connectivity index (χ1v) is 7.31. The van der Waals surface area contributed by atoms with Gasteiger partial charge in [-0.05, 0) is 6.92 Å². The number of pyridine rings is 1. The number of hydrogen-bond donors (Lipinski definition) is 2. The molecule has 1 amide bonds. The van der Waals surface area contributed by atoms with E-state index in [0.717, 1.165) is 10.6 Å². The maximum atomic E-state index is 12.3. The number of carbonyl (C=O) groups is 1. The van der Waals surface area contributed by atoms with Gasteiger partial charge in [-0.25, -0.2) is 4.98 Å². The Balaban J connectivity index is 1.89. The second-order valence-corrected chi connectivity index (χ2v) is 5.71. The molecule has 112 valence electrons. The summed E-state index contributed by atoms with van der Waals surface area (Å²) in [7, 11) is 1.82. The van der Waals surface area contributed by atoms with E-state index in [9.17, 15) is 9.59 Å². The fourth-order valence-electron chi connectivity index (χ4n) is 1.96. The third kappa shape index (κ3) is 2.68. The summed E-state index contributed by atoms with van der Waals surface area (Å²) >= 11 is 1.27. The largest absolute Gasteiger partial charge is 0.366 e. The van der Waals surface area contributed by atoms with Gasteiger partial charge in [0.2, 0.25) is 5.43 Å². The van der Waals surface area contributed by atoms with Gasteiger partial charge in [0.15, 0.2) is 0 Å². The van der Waals surface area contributed by atoms with E-state index in [0.29, 0.717) is 10.6 Å². The van der Waals surface area contributed by atoms with E-state index in [4.69, 9.17) is 0 Å². The average Bonchev–Trinajstić information content (AvgIpc) is 3.07. The monoisotopic (exact) mass is 315 g/mol. The lowest BCUT2D eigenvalue weighted by Crippen LogP contribution is -2.17. The number of nitrogens with zero attached hydrogens (tertiary/aromatic N) is 3. The molecule has 22 heavy (non-hydrogen) atoms. The molecule has 0 saturated heterocycles. The van der Waals surface area contributed by atoms with Crippen LogP contribution in [0.1, 0.15) is 15.4 Å². The first-order valence-electron chi connectivity index (χ1n) is 6.49. The van der Waals surface area contributed by atoms with Crippen molar-refractivity contribution in [2.45, 2.75) is 6.92 Å². The molecule has 3 rings (SSSR count). The first kappa shape index (κ1) is 14.2. The van der Waals surface area contributed by atoms with E-state index in [1.54, 1.807) is 17.8 Å². The summed E-state index contributed by atoms with van der Waals surface area (Å²) in [5, 5.41) is 7.42. The van der Waals surface area contributed by atoms with Crippen LogP contribution < -0.4 is 10.7 Å². The number of carbonyl (C=O) groups excluding carboxylic acids is 1. The third-order valence-electron chi connectivity index (χ3n) is 3.03. The highest BCUT2D eigenvalue weighted by Crippen LogP contribution is 2.27. The summed E-state index contributed by atoms with van der Waals surface area (Å²) in [6.07, 6.45) is 6.50. The van der Waals surface area contributed by atoms with Gasteiger partial charge in [0.05, 0.1) is 11.9 Å². The summed E-state index contributed by atoms with van der Waals surface area (Å²) in [5.41, 5.74) is 1.44. The maximum Gasteiger partial charge on any atom is 0.267 e. The molecule has 0 spiro atoms. The molecule has 2 N–H and O–H groups in total. The maximum absolute atomic E-state index is 12.3. The lowest BCUT2D eigenvalue weighted by atomic mass is 10.3. The van der Waals surface area contributed by atoms with Crippen molar-refractivity contribution >= 4 is 22.9 Å². The summed E-state index contributed by atoms with van der Waals surface area (Å²) in [6, 6.07) is 1.36. The van der Waals surface area contributed by atoms with Crippen molar-refractivity contribution in [3.63, 3.8) is 0 Å². The van der Waals surface area contributed by atoms with Crippen LogP contribution >= 0.6 is 11.3 Å². The van der Waals surface area contributed by atoms with E-state index in [-0.39, 0.29) is 17.0 Å². The molecule has 3 aromatic rings. The van der Waals surface area contributed by atoms with Gasteiger partial charge in [0.25, 0.3) is 5.91 Å². The zero-order valence-electron chi connectivity index (χ0n) is 12.0. The van der Waals surface area contributed by atoms with Crippen LogP contribution in [-0.2, 0) is 7.05 Å². The van der Waals surface area contributed by atoms with Gasteiger partial charge >= 0.3 is 0 Å². The highest BCUT2D eigenvalue weighted by Gasteiger charge is 2.17. The molecule has 0 saturated carbocycles. The number of aryl methyl sites for hydroxylation is 2. The lowest BCUT2D eigenvalue weighted by molar-refractivity contribution is 0.102. The molecule has 3 aromatic heterocycles. The van der Waals surface area contributed by atoms with Gasteiger partial charge in [-0.3, -0.25) is 14.3 Å². The van der Waals surface area contributed by atoms with Crippen LogP contribution in [0.25, 0.3) is 10.6 Å². The van der Waals surface area contributed by atoms with Crippen molar-refractivity contribution in [3.8, 4) is 10.6 Å². The highest BCUT2D eigenvalue weighted by atomic mass is 32.1. The fraction of sp³-hybridized carbons (Fsp3) is 0.143. The molecule has 0 aromatic carbocycles. The molecule has 0 radical (unpaired) electrons. The van der Waals surface area contributed by atoms with E-state index < -0.39 is 0 Å². The standard InChI is InChI=1S/C14H13N5O2S/c1-8-12(13(21)18-10-6-15-4-3-11(10)20)22-14(17-8)9-5-16-19(2)7-9/h3-7H,1-2H3,(H,15,20)(H,18,21). The molecule has 0 aliphatic heterocycles. The predicted octanol–water partition coefficient (Wildman–Crippen LogP) is 1.79. The SMILES string of the molecule is Cc1nc(-c2cnn(C)c2)sc1C(=O)Nc1c[nH]ccc1=O. The van der Waals surface area contributed by atoms with Crippen LogP contribution in [-0.4, -0.2) is 25.7 Å². The molecule has 3 heterocycles. The Morgan fingerprint density at radius 1 is 1.45 bits per heavy atom. The van der Waals surface area contributed by atoms with E-state index in [1.807, 2.05) is 13.2 Å². The van der Waals surface area contributed by atoms with Gasteiger partial charge in [0, 0.05) is 37.3 Å². The van der Waals surface area contributed by atoms with Crippen molar-refractivity contribution in [2.24, 2.45) is 7.05 Å². The third-order valence-corrected chi connectivity index (χ3v) is 4.23. The number of aromatic amines is 1. The number of rotatable bonds is 3. The van der Waals surface area contributed by atoms with Crippen molar-refractivity contribution in [1.82, 2.24) is 19.7 Å². The Labute approximate surface area is 129 Å². The number of hydrogen-bond acceptors (Lipinski definition) is 5. The van der Waals surface area contributed by atoms with Gasteiger partial charge in [-0.2, -0.15) is 5.10 Å². The van der Waals surface area contributed by atoms with Crippen LogP contribution in [0.2, 0.25) is 0 Å². The number of anilines is 1. The molecule has 0 bridgehead atoms. The van der Waals surface area contributed by atoms with E-state index in [1.165, 1.54) is 29.8 Å². The zero-order chi connectivity index (χ0) is 15.7. The summed E-state index contributed by atoms with van der Waals surface area (Å²) in [4.78, 5) is 31.6. The Morgan fingerprint density at radius 2 is 2.27 bits per heavy atom. The molecule has 0 unspecified atom stereocenters. The molecule has 0 aliphatic rings. The summed E-state index contributed by atoms with van der Waals surface area (Å²) in [6.45, 7) is 1.76. The predicted molar refractivity (Wildman–Crippen MR) is 84.1 cm³/mol. The van der Waals surface area contributed by atoms with Crippen LogP contribution in [0.4, 0.5) is 5.69 Å². The Kier molecular flexibility index (Phi) is 3.60. The topological polar surface area (TPSA) is 92.7 Å². The Bertz CT molecular complexity index is 893. The highest BCUT2D eigenvalue weighted by molar-refractivity contribution is 7.17. The van der Waals surface area contributed by atoms with Crippen LogP contribution in [0, 0.1) is 6.92 Å². The summed E-state index contributed by atoms with van der Waals surface area (Å²) < 4.78 is 1.68. The van der Waals surface area contributed by atoms with Crippen molar-refractivity contribution in [2.75, 3.05) is 5.32 Å². The van der Waals surface area contributed by atoms with Crippen LogP contribution in [0.5, 0.6) is 0 Å². The molecular weight excluding hydrogens is 302 g/mol. The smallest absolute Gasteiger partial charge is 0.267 e. The second kappa shape index (κ2) is 5.57. The molecule has 0 aliphatic carbocycles. The number of aromatic nitrogens is 4. The minimum absolute atomic E-state index is 0.211. The minimum atomic E-state index is -0.346. The quantitative estimate of drug-likeness (QED) is 0.770. The molecule has 0 fully saturated rings. The molecule has 8 heteroatoms. The van der Waals surface area contributed by atoms with Crippen LogP contribution in [0.15, 0.2) is 35.6 Å². The number of H-pyrrole nitrogens is 1. The van der Waals surface area contributed by atoms with Gasteiger partial charge in [-0.15, -0.1) is 11.3 Å². The van der Waals surface area contributed by atoms with Crippen LogP contribution in [0.3, 0.4) is 0 Å². The molecule has 7 nitrogen and oxygen atoms in total. The molecular formula is C14H13N5O2S. The van der Waals surface area contributed by atoms with Gasteiger partial charge < -0.3 is 10.3 Å². The fourth-order valence-corrected chi connectivity index (χ4v) is 2.89. The Hall–Kier alpha value is -2.74. The minimum Gasteiger partial charge on any atom is -0.366 e. The van der Waals surface area contributed by atoms with E-state index >= 15 is 0 Å². The first-order chi connectivity index (χ1) is 10.5. The number of nitrogens with one attached hydrogen (secondary N) is 2. The van der Waals surface area contributed by atoms with E-state index in [2.05, 4.69) is 20.4 Å². The van der Waals surface area contributed by atoms with Crippen molar-refractivity contribution < 1.29 is 4.79 Å². The zero-order valence-corrected chi connectivity index (χ0v) is 12.8.